The van der Waals surface area contributed by atoms with Crippen LogP contribution in [0.1, 0.15) is 10.4 Å². The maximum atomic E-state index is 11.4. The zero-order valence-electron chi connectivity index (χ0n) is 7.73. The van der Waals surface area contributed by atoms with Gasteiger partial charge in [0, 0.05) is 11.6 Å². The predicted octanol–water partition coefficient (Wildman–Crippen LogP) is 2.07. The highest BCUT2D eigenvalue weighted by Crippen LogP contribution is 2.23. The number of esters is 1. The fraction of sp³-hybridized carbons (Fsp3) is 0.100. The van der Waals surface area contributed by atoms with Crippen LogP contribution in [0.4, 0.5) is 0 Å². The zero-order valence-corrected chi connectivity index (χ0v) is 8.88. The van der Waals surface area contributed by atoms with Gasteiger partial charge in [-0.05, 0) is 15.5 Å². The summed E-state index contributed by atoms with van der Waals surface area (Å²) in [5.74, 6) is -0.303. The van der Waals surface area contributed by atoms with Gasteiger partial charge < -0.3 is 9.07 Å². The van der Waals surface area contributed by atoms with Crippen LogP contribution in [0.3, 0.4) is 0 Å². The van der Waals surface area contributed by atoms with Crippen molar-refractivity contribution in [1.29, 1.82) is 0 Å². The minimum absolute atomic E-state index is 0.303. The van der Waals surface area contributed by atoms with Crippen molar-refractivity contribution in [3.8, 4) is 0 Å². The van der Waals surface area contributed by atoms with E-state index in [9.17, 15) is 4.79 Å². The first-order valence-electron chi connectivity index (χ1n) is 4.17. The number of benzene rings is 1. The Balaban J connectivity index is 2.72. The summed E-state index contributed by atoms with van der Waals surface area (Å²) in [4.78, 5) is 11.4. The number of fused-ring (bicyclic) bond motifs is 1. The third-order valence-corrected chi connectivity index (χ3v) is 2.57. The molecule has 0 saturated carbocycles. The molecule has 0 aliphatic carbocycles. The van der Waals surface area contributed by atoms with Crippen LogP contribution in [0.5, 0.6) is 0 Å². The van der Waals surface area contributed by atoms with Gasteiger partial charge in [0.2, 0.25) is 0 Å². The number of aromatic nitrogens is 1. The Hall–Kier alpha value is -1.34. The Morgan fingerprint density at radius 2 is 2.14 bits per heavy atom. The van der Waals surface area contributed by atoms with Crippen LogP contribution in [-0.4, -0.2) is 17.4 Å². The largest absolute Gasteiger partial charge is 0.465 e. The molecule has 3 nitrogen and oxygen atoms in total. The minimum atomic E-state index is -0.303. The van der Waals surface area contributed by atoms with Crippen molar-refractivity contribution >= 4 is 26.3 Å². The third kappa shape index (κ3) is 1.30. The van der Waals surface area contributed by atoms with Crippen molar-refractivity contribution < 1.29 is 9.53 Å². The lowest BCUT2D eigenvalue weighted by Crippen LogP contribution is -1.99. The van der Waals surface area contributed by atoms with Crippen LogP contribution >= 0.6 is 9.39 Å². The van der Waals surface area contributed by atoms with E-state index in [2.05, 4.69) is 9.39 Å². The number of para-hydroxylation sites is 1. The van der Waals surface area contributed by atoms with Gasteiger partial charge in [0.05, 0.1) is 18.2 Å². The molecule has 72 valence electrons. The third-order valence-electron chi connectivity index (χ3n) is 2.15. The van der Waals surface area contributed by atoms with Crippen molar-refractivity contribution in [1.82, 2.24) is 4.34 Å². The number of hydrogen-bond donors (Lipinski definition) is 0. The fourth-order valence-electron chi connectivity index (χ4n) is 1.48. The molecule has 0 aliphatic heterocycles. The minimum Gasteiger partial charge on any atom is -0.465 e. The highest BCUT2D eigenvalue weighted by atomic mass is 31.0. The fourth-order valence-corrected chi connectivity index (χ4v) is 1.85. The smallest absolute Gasteiger partial charge is 0.340 e. The summed E-state index contributed by atoms with van der Waals surface area (Å²) >= 11 is 0. The van der Waals surface area contributed by atoms with E-state index in [1.165, 1.54) is 7.11 Å². The highest BCUT2D eigenvalue weighted by molar-refractivity contribution is 7.14. The molecular weight excluding hydrogens is 197 g/mol. The first kappa shape index (κ1) is 9.22. The predicted molar refractivity (Wildman–Crippen MR) is 58.4 cm³/mol. The summed E-state index contributed by atoms with van der Waals surface area (Å²) in [5, 5.41) is 0.911. The SMILES string of the molecule is COC(=O)c1cn(P)c2ccccc12. The quantitative estimate of drug-likeness (QED) is 0.529. The molecular formula is C10H10NO2P. The van der Waals surface area contributed by atoms with E-state index >= 15 is 0 Å². The molecule has 1 heterocycles. The molecule has 14 heavy (non-hydrogen) atoms. The molecule has 0 fully saturated rings. The van der Waals surface area contributed by atoms with Gasteiger partial charge >= 0.3 is 5.97 Å². The van der Waals surface area contributed by atoms with Crippen molar-refractivity contribution in [3.05, 3.63) is 36.0 Å². The summed E-state index contributed by atoms with van der Waals surface area (Å²) < 4.78 is 6.53. The molecule has 0 amide bonds. The normalized spacial score (nSPS) is 10.4. The number of hydrogen-bond acceptors (Lipinski definition) is 2. The number of rotatable bonds is 1. The molecule has 0 N–H and O–H groups in total. The van der Waals surface area contributed by atoms with Gasteiger partial charge in [-0.15, -0.1) is 0 Å². The highest BCUT2D eigenvalue weighted by Gasteiger charge is 2.12. The van der Waals surface area contributed by atoms with Gasteiger partial charge in [-0.25, -0.2) is 4.79 Å². The van der Waals surface area contributed by atoms with Crippen LogP contribution in [0.15, 0.2) is 30.5 Å². The molecule has 0 bridgehead atoms. The topological polar surface area (TPSA) is 31.2 Å². The Bertz CT molecular complexity index is 490. The Labute approximate surface area is 83.9 Å². The maximum Gasteiger partial charge on any atom is 0.340 e. The molecule has 1 atom stereocenters. The maximum absolute atomic E-state index is 11.4. The molecule has 0 saturated heterocycles. The average molecular weight is 207 g/mol. The lowest BCUT2D eigenvalue weighted by atomic mass is 10.2. The summed E-state index contributed by atoms with van der Waals surface area (Å²) in [6.07, 6.45) is 1.75. The summed E-state index contributed by atoms with van der Waals surface area (Å²) in [5.41, 5.74) is 1.59. The van der Waals surface area contributed by atoms with E-state index in [4.69, 9.17) is 4.74 Å². The number of carbonyl (C=O) groups is 1. The van der Waals surface area contributed by atoms with Crippen LogP contribution in [0.2, 0.25) is 0 Å². The Kier molecular flexibility index (Phi) is 2.26. The van der Waals surface area contributed by atoms with Crippen LogP contribution < -0.4 is 0 Å². The summed E-state index contributed by atoms with van der Waals surface area (Å²) in [7, 11) is 3.93. The molecule has 1 unspecified atom stereocenters. The lowest BCUT2D eigenvalue weighted by molar-refractivity contribution is 0.0603. The second-order valence-corrected chi connectivity index (χ2v) is 3.52. The monoisotopic (exact) mass is 207 g/mol. The molecule has 2 rings (SSSR count). The van der Waals surface area contributed by atoms with Crippen molar-refractivity contribution in [2.45, 2.75) is 0 Å². The molecule has 1 aromatic heterocycles. The van der Waals surface area contributed by atoms with E-state index in [1.54, 1.807) is 6.20 Å². The van der Waals surface area contributed by atoms with E-state index in [0.717, 1.165) is 10.9 Å². The molecule has 2 aromatic rings. The zero-order chi connectivity index (χ0) is 10.1. The molecule has 0 aliphatic rings. The van der Waals surface area contributed by atoms with Gasteiger partial charge in [0.1, 0.15) is 0 Å². The van der Waals surface area contributed by atoms with E-state index < -0.39 is 0 Å². The Morgan fingerprint density at radius 1 is 1.43 bits per heavy atom. The first-order chi connectivity index (χ1) is 6.74. The van der Waals surface area contributed by atoms with E-state index in [1.807, 2.05) is 28.6 Å². The standard InChI is InChI=1S/C10H10NO2P/c1-13-10(12)8-6-11(14)9-5-3-2-4-7(8)9/h2-6H,14H2,1H3. The van der Waals surface area contributed by atoms with Crippen LogP contribution in [-0.2, 0) is 4.74 Å². The number of ether oxygens (including phenoxy) is 1. The molecule has 4 heteroatoms. The second-order valence-electron chi connectivity index (χ2n) is 2.96. The van der Waals surface area contributed by atoms with Gasteiger partial charge in [-0.1, -0.05) is 18.2 Å². The van der Waals surface area contributed by atoms with E-state index in [-0.39, 0.29) is 5.97 Å². The van der Waals surface area contributed by atoms with Crippen molar-refractivity contribution in [2.75, 3.05) is 7.11 Å². The van der Waals surface area contributed by atoms with Crippen LogP contribution in [0.25, 0.3) is 10.9 Å². The Morgan fingerprint density at radius 3 is 2.86 bits per heavy atom. The molecule has 0 radical (unpaired) electrons. The summed E-state index contributed by atoms with van der Waals surface area (Å²) in [6.45, 7) is 0. The van der Waals surface area contributed by atoms with Gasteiger partial charge in [0.15, 0.2) is 0 Å². The molecule has 1 aromatic carbocycles. The van der Waals surface area contributed by atoms with Gasteiger partial charge in [-0.2, -0.15) is 0 Å². The van der Waals surface area contributed by atoms with Gasteiger partial charge in [0.25, 0.3) is 0 Å². The number of methoxy groups -OCH3 is 1. The second kappa shape index (κ2) is 3.43. The van der Waals surface area contributed by atoms with Gasteiger partial charge in [-0.3, -0.25) is 0 Å². The van der Waals surface area contributed by atoms with Crippen LogP contribution in [0, 0.1) is 0 Å². The average Bonchev–Trinajstić information content (AvgIpc) is 2.56. The van der Waals surface area contributed by atoms with E-state index in [0.29, 0.717) is 5.56 Å². The number of carbonyl (C=O) groups excluding carboxylic acids is 1. The summed E-state index contributed by atoms with van der Waals surface area (Å²) in [6, 6.07) is 7.69. The lowest BCUT2D eigenvalue weighted by Gasteiger charge is -1.95. The first-order valence-corrected chi connectivity index (χ1v) is 4.69. The van der Waals surface area contributed by atoms with Crippen molar-refractivity contribution in [3.63, 3.8) is 0 Å². The molecule has 0 spiro atoms. The van der Waals surface area contributed by atoms with Crippen molar-refractivity contribution in [2.24, 2.45) is 0 Å². The number of nitrogens with zero attached hydrogens (tertiary/aromatic N) is 1.